The highest BCUT2D eigenvalue weighted by Gasteiger charge is 2.27. The first-order valence-electron chi connectivity index (χ1n) is 8.54. The van der Waals surface area contributed by atoms with Crippen LogP contribution in [-0.4, -0.2) is 47.9 Å². The molecule has 0 bridgehead atoms. The first kappa shape index (κ1) is 16.7. The molecule has 1 N–H and O–H groups in total. The van der Waals surface area contributed by atoms with E-state index in [0.717, 1.165) is 50.4 Å². The number of anilines is 2. The van der Waals surface area contributed by atoms with Gasteiger partial charge in [-0.05, 0) is 20.4 Å². The van der Waals surface area contributed by atoms with Crippen LogP contribution in [-0.2, 0) is 13.1 Å². The van der Waals surface area contributed by atoms with Crippen molar-refractivity contribution in [3.63, 3.8) is 0 Å². The monoisotopic (exact) mass is 331 g/mol. The Hall–Kier alpha value is -2.15. The molecule has 130 valence electrons. The molecule has 1 aliphatic heterocycles. The van der Waals surface area contributed by atoms with Gasteiger partial charge >= 0.3 is 0 Å². The molecule has 24 heavy (non-hydrogen) atoms. The molecule has 0 amide bonds. The minimum Gasteiger partial charge on any atom is -0.376 e. The third-order valence-electron chi connectivity index (χ3n) is 4.66. The molecule has 0 saturated carbocycles. The highest BCUT2D eigenvalue weighted by molar-refractivity contribution is 5.75. The topological polar surface area (TPSA) is 70.5 Å². The van der Waals surface area contributed by atoms with Gasteiger partial charge in [-0.25, -0.2) is 0 Å². The molecular weight excluding hydrogens is 306 g/mol. The van der Waals surface area contributed by atoms with Gasteiger partial charge in [-0.1, -0.05) is 6.92 Å². The molecule has 1 saturated heterocycles. The van der Waals surface area contributed by atoms with E-state index in [-0.39, 0.29) is 5.43 Å². The van der Waals surface area contributed by atoms with Crippen molar-refractivity contribution in [2.24, 2.45) is 0 Å². The first-order valence-corrected chi connectivity index (χ1v) is 8.54. The minimum atomic E-state index is -0.400. The van der Waals surface area contributed by atoms with Crippen LogP contribution in [0.4, 0.5) is 11.4 Å². The van der Waals surface area contributed by atoms with Gasteiger partial charge in [-0.2, -0.15) is 5.10 Å². The fourth-order valence-corrected chi connectivity index (χ4v) is 3.14. The van der Waals surface area contributed by atoms with Gasteiger partial charge in [0, 0.05) is 51.0 Å². The number of aromatic nitrogens is 2. The van der Waals surface area contributed by atoms with E-state index in [2.05, 4.69) is 29.3 Å². The summed E-state index contributed by atoms with van der Waals surface area (Å²) in [5, 5.41) is 7.64. The predicted molar refractivity (Wildman–Crippen MR) is 95.6 cm³/mol. The fourth-order valence-electron chi connectivity index (χ4n) is 3.14. The Bertz CT molecular complexity index is 779. The van der Waals surface area contributed by atoms with Crippen molar-refractivity contribution in [1.82, 2.24) is 14.7 Å². The molecule has 0 radical (unpaired) electrons. The van der Waals surface area contributed by atoms with E-state index < -0.39 is 5.43 Å². The molecule has 1 aliphatic rings. The molecular formula is C17H25N5O2. The summed E-state index contributed by atoms with van der Waals surface area (Å²) in [5.74, 6) is 0. The van der Waals surface area contributed by atoms with Crippen LogP contribution in [0.5, 0.6) is 0 Å². The number of likely N-dealkylation sites (N-methyl/N-ethyl adjacent to an activating group) is 1. The average Bonchev–Trinajstić information content (AvgIpc) is 2.92. The number of hydrogen-bond acceptors (Lipinski definition) is 6. The van der Waals surface area contributed by atoms with E-state index in [1.165, 1.54) is 0 Å². The van der Waals surface area contributed by atoms with Crippen molar-refractivity contribution in [1.29, 1.82) is 0 Å². The summed E-state index contributed by atoms with van der Waals surface area (Å²) in [6.07, 6.45) is 3.03. The summed E-state index contributed by atoms with van der Waals surface area (Å²) in [6, 6.07) is 0. The zero-order valence-electron chi connectivity index (χ0n) is 14.6. The Labute approximate surface area is 141 Å². The van der Waals surface area contributed by atoms with Crippen molar-refractivity contribution in [2.45, 2.75) is 33.4 Å². The minimum absolute atomic E-state index is 0.361. The van der Waals surface area contributed by atoms with E-state index >= 15 is 0 Å². The summed E-state index contributed by atoms with van der Waals surface area (Å²) in [5.41, 5.74) is 2.28. The van der Waals surface area contributed by atoms with Crippen LogP contribution in [0.25, 0.3) is 0 Å². The van der Waals surface area contributed by atoms with Crippen molar-refractivity contribution in [2.75, 3.05) is 43.4 Å². The van der Waals surface area contributed by atoms with Gasteiger partial charge in [-0.15, -0.1) is 0 Å². The number of piperazine rings is 1. The molecule has 1 fully saturated rings. The molecule has 7 heteroatoms. The lowest BCUT2D eigenvalue weighted by Gasteiger charge is -2.35. The quantitative estimate of drug-likeness (QED) is 0.780. The second-order valence-corrected chi connectivity index (χ2v) is 6.53. The maximum atomic E-state index is 12.0. The van der Waals surface area contributed by atoms with E-state index in [9.17, 15) is 9.59 Å². The van der Waals surface area contributed by atoms with Gasteiger partial charge in [0.2, 0.25) is 0 Å². The zero-order valence-corrected chi connectivity index (χ0v) is 14.6. The van der Waals surface area contributed by atoms with E-state index in [1.807, 2.05) is 22.7 Å². The molecule has 1 aromatic carbocycles. The number of nitrogens with zero attached hydrogens (tertiary/aromatic N) is 4. The zero-order chi connectivity index (χ0) is 17.3. The van der Waals surface area contributed by atoms with Gasteiger partial charge in [0.1, 0.15) is 11.4 Å². The highest BCUT2D eigenvalue weighted by Crippen LogP contribution is 2.22. The van der Waals surface area contributed by atoms with Crippen LogP contribution in [0.1, 0.15) is 24.6 Å². The van der Waals surface area contributed by atoms with Gasteiger partial charge in [0.05, 0.1) is 5.69 Å². The summed E-state index contributed by atoms with van der Waals surface area (Å²) < 4.78 is 1.93. The Kier molecular flexibility index (Phi) is 4.71. The summed E-state index contributed by atoms with van der Waals surface area (Å²) in [7, 11) is 2.06. The van der Waals surface area contributed by atoms with Crippen LogP contribution in [0.15, 0.2) is 15.8 Å². The van der Waals surface area contributed by atoms with E-state index in [0.29, 0.717) is 17.9 Å². The number of aryl methyl sites for hydroxylation is 2. The van der Waals surface area contributed by atoms with E-state index in [4.69, 9.17) is 0 Å². The normalized spacial score (nSPS) is 16.0. The van der Waals surface area contributed by atoms with Gasteiger partial charge in [0.25, 0.3) is 10.9 Å². The summed E-state index contributed by atoms with van der Waals surface area (Å²) in [6.45, 7) is 8.84. The standard InChI is InChI=1S/C17H25N5O2/c1-4-5-22-11-13(12(2)19-22)10-18-14-15(17(24)16(14)23)21-8-6-20(3)7-9-21/h11,18H,4-10H2,1-3H3. The SMILES string of the molecule is CCCn1cc(CNc2c(N3CCN(C)CC3)c(=O)c2=O)c(C)n1. The molecule has 2 heterocycles. The third kappa shape index (κ3) is 3.08. The maximum Gasteiger partial charge on any atom is 0.253 e. The van der Waals surface area contributed by atoms with Crippen LogP contribution >= 0.6 is 0 Å². The van der Waals surface area contributed by atoms with Crippen LogP contribution in [0, 0.1) is 6.92 Å². The molecule has 7 nitrogen and oxygen atoms in total. The van der Waals surface area contributed by atoms with Crippen molar-refractivity contribution in [3.8, 4) is 0 Å². The number of hydrogen-bond donors (Lipinski definition) is 1. The molecule has 0 spiro atoms. The Morgan fingerprint density at radius 3 is 2.54 bits per heavy atom. The lowest BCUT2D eigenvalue weighted by Crippen LogP contribution is -2.50. The average molecular weight is 331 g/mol. The second kappa shape index (κ2) is 6.76. The van der Waals surface area contributed by atoms with Gasteiger partial charge in [-0.3, -0.25) is 14.3 Å². The highest BCUT2D eigenvalue weighted by atomic mass is 16.2. The Morgan fingerprint density at radius 2 is 1.88 bits per heavy atom. The summed E-state index contributed by atoms with van der Waals surface area (Å²) >= 11 is 0. The van der Waals surface area contributed by atoms with E-state index in [1.54, 1.807) is 0 Å². The van der Waals surface area contributed by atoms with Crippen LogP contribution < -0.4 is 21.1 Å². The lowest BCUT2D eigenvalue weighted by atomic mass is 10.1. The molecule has 1 aromatic heterocycles. The molecule has 0 atom stereocenters. The van der Waals surface area contributed by atoms with Crippen LogP contribution in [0.2, 0.25) is 0 Å². The first-order chi connectivity index (χ1) is 11.5. The maximum absolute atomic E-state index is 12.0. The summed E-state index contributed by atoms with van der Waals surface area (Å²) in [4.78, 5) is 28.2. The lowest BCUT2D eigenvalue weighted by molar-refractivity contribution is 0.312. The van der Waals surface area contributed by atoms with Crippen molar-refractivity contribution < 1.29 is 0 Å². The van der Waals surface area contributed by atoms with Gasteiger partial charge < -0.3 is 15.1 Å². The largest absolute Gasteiger partial charge is 0.376 e. The molecule has 3 rings (SSSR count). The number of rotatable bonds is 6. The number of nitrogens with one attached hydrogen (secondary N) is 1. The second-order valence-electron chi connectivity index (χ2n) is 6.53. The fraction of sp³-hybridized carbons (Fsp3) is 0.588. The third-order valence-corrected chi connectivity index (χ3v) is 4.66. The molecule has 0 aliphatic carbocycles. The van der Waals surface area contributed by atoms with Crippen LogP contribution in [0.3, 0.4) is 0 Å². The smallest absolute Gasteiger partial charge is 0.253 e. The molecule has 0 unspecified atom stereocenters. The van der Waals surface area contributed by atoms with Crippen molar-refractivity contribution >= 4 is 11.4 Å². The Balaban J connectivity index is 1.71. The van der Waals surface area contributed by atoms with Gasteiger partial charge in [0.15, 0.2) is 0 Å². The van der Waals surface area contributed by atoms with Crippen molar-refractivity contribution in [3.05, 3.63) is 37.9 Å². The predicted octanol–water partition coefficient (Wildman–Crippen LogP) is 0.561. The Morgan fingerprint density at radius 1 is 1.17 bits per heavy atom. The molecule has 2 aromatic rings.